The molecule has 2 aromatic heterocycles. The summed E-state index contributed by atoms with van der Waals surface area (Å²) in [7, 11) is 0. The van der Waals surface area contributed by atoms with Crippen LogP contribution in [0.2, 0.25) is 5.02 Å². The molecular formula is C18H19ClN4O. The van der Waals surface area contributed by atoms with E-state index in [2.05, 4.69) is 10.4 Å². The fraction of sp³-hybridized carbons (Fsp3) is 0.222. The normalized spacial score (nSPS) is 12.0. The zero-order valence-electron chi connectivity index (χ0n) is 13.2. The van der Waals surface area contributed by atoms with Gasteiger partial charge in [0.25, 0.3) is 0 Å². The number of amides is 1. The van der Waals surface area contributed by atoms with Crippen molar-refractivity contribution < 1.29 is 4.79 Å². The van der Waals surface area contributed by atoms with Gasteiger partial charge in [-0.2, -0.15) is 5.10 Å². The zero-order valence-corrected chi connectivity index (χ0v) is 13.9. The molecule has 1 amide bonds. The molecule has 3 rings (SSSR count). The Morgan fingerprint density at radius 3 is 2.54 bits per heavy atom. The van der Waals surface area contributed by atoms with Gasteiger partial charge < -0.3 is 9.88 Å². The third-order valence-electron chi connectivity index (χ3n) is 3.84. The van der Waals surface area contributed by atoms with E-state index in [1.807, 2.05) is 65.6 Å². The lowest BCUT2D eigenvalue weighted by atomic mass is 10.0. The highest BCUT2D eigenvalue weighted by Crippen LogP contribution is 2.23. The third kappa shape index (κ3) is 4.26. The maximum Gasteiger partial charge on any atom is 0.222 e. The number of carbonyl (C=O) groups is 1. The lowest BCUT2D eigenvalue weighted by Crippen LogP contribution is -2.29. The van der Waals surface area contributed by atoms with Crippen molar-refractivity contribution in [2.75, 3.05) is 6.54 Å². The summed E-state index contributed by atoms with van der Waals surface area (Å²) in [5, 5.41) is 7.76. The summed E-state index contributed by atoms with van der Waals surface area (Å²) < 4.78 is 3.83. The molecule has 0 aliphatic carbocycles. The lowest BCUT2D eigenvalue weighted by molar-refractivity contribution is -0.121. The molecule has 5 nitrogen and oxygen atoms in total. The highest BCUT2D eigenvalue weighted by atomic mass is 35.5. The number of rotatable bonds is 7. The molecule has 1 N–H and O–H groups in total. The second kappa shape index (κ2) is 7.84. The Hall–Kier alpha value is -2.53. The predicted molar refractivity (Wildman–Crippen MR) is 93.9 cm³/mol. The number of aromatic nitrogens is 3. The van der Waals surface area contributed by atoms with Crippen LogP contribution in [0.15, 0.2) is 67.3 Å². The minimum absolute atomic E-state index is 0.0100. The van der Waals surface area contributed by atoms with Crippen LogP contribution in [-0.4, -0.2) is 26.8 Å². The van der Waals surface area contributed by atoms with E-state index in [9.17, 15) is 4.79 Å². The molecule has 0 fully saturated rings. The summed E-state index contributed by atoms with van der Waals surface area (Å²) in [4.78, 5) is 12.3. The minimum Gasteiger partial charge on any atom is -0.354 e. The smallest absolute Gasteiger partial charge is 0.222 e. The topological polar surface area (TPSA) is 51.9 Å². The van der Waals surface area contributed by atoms with Gasteiger partial charge in [0, 0.05) is 36.4 Å². The first-order valence-electron chi connectivity index (χ1n) is 7.84. The van der Waals surface area contributed by atoms with Gasteiger partial charge in [-0.25, -0.2) is 0 Å². The first-order valence-corrected chi connectivity index (χ1v) is 8.22. The first-order chi connectivity index (χ1) is 11.7. The number of carbonyl (C=O) groups excluding carboxylic acids is 1. The fourth-order valence-electron chi connectivity index (χ4n) is 2.63. The van der Waals surface area contributed by atoms with E-state index in [-0.39, 0.29) is 11.9 Å². The molecule has 0 unspecified atom stereocenters. The van der Waals surface area contributed by atoms with E-state index < -0.39 is 0 Å². The molecule has 1 atom stereocenters. The summed E-state index contributed by atoms with van der Waals surface area (Å²) in [5.41, 5.74) is 1.05. The quantitative estimate of drug-likeness (QED) is 0.717. The third-order valence-corrected chi connectivity index (χ3v) is 4.10. The number of nitrogens with zero attached hydrogens (tertiary/aromatic N) is 3. The molecule has 2 heterocycles. The molecule has 0 bridgehead atoms. The van der Waals surface area contributed by atoms with Gasteiger partial charge in [-0.1, -0.05) is 23.7 Å². The Labute approximate surface area is 145 Å². The van der Waals surface area contributed by atoms with E-state index in [1.54, 1.807) is 10.9 Å². The largest absolute Gasteiger partial charge is 0.354 e. The molecule has 3 aromatic rings. The van der Waals surface area contributed by atoms with E-state index in [4.69, 9.17) is 11.6 Å². The van der Waals surface area contributed by atoms with Gasteiger partial charge in [0.2, 0.25) is 5.91 Å². The summed E-state index contributed by atoms with van der Waals surface area (Å²) in [6, 6.07) is 13.4. The van der Waals surface area contributed by atoms with Crippen molar-refractivity contribution in [3.63, 3.8) is 0 Å². The Morgan fingerprint density at radius 1 is 1.12 bits per heavy atom. The molecule has 0 aliphatic heterocycles. The summed E-state index contributed by atoms with van der Waals surface area (Å²) in [5.74, 6) is 0.0100. The summed E-state index contributed by atoms with van der Waals surface area (Å²) >= 11 is 5.97. The van der Waals surface area contributed by atoms with Crippen LogP contribution < -0.4 is 5.32 Å². The van der Waals surface area contributed by atoms with E-state index >= 15 is 0 Å². The number of hydrogen-bond acceptors (Lipinski definition) is 2. The molecule has 124 valence electrons. The van der Waals surface area contributed by atoms with E-state index in [0.717, 1.165) is 5.56 Å². The maximum atomic E-state index is 12.3. The van der Waals surface area contributed by atoms with Gasteiger partial charge in [0.05, 0.1) is 19.0 Å². The number of hydrogen-bond donors (Lipinski definition) is 1. The van der Waals surface area contributed by atoms with Crippen LogP contribution in [0, 0.1) is 0 Å². The molecular weight excluding hydrogens is 324 g/mol. The van der Waals surface area contributed by atoms with Crippen LogP contribution in [0.4, 0.5) is 0 Å². The van der Waals surface area contributed by atoms with Gasteiger partial charge in [-0.15, -0.1) is 0 Å². The minimum atomic E-state index is -0.0537. The van der Waals surface area contributed by atoms with Crippen LogP contribution in [0.1, 0.15) is 18.0 Å². The van der Waals surface area contributed by atoms with Crippen molar-refractivity contribution in [1.82, 2.24) is 19.7 Å². The number of benzene rings is 1. The molecule has 6 heteroatoms. The van der Waals surface area contributed by atoms with Crippen LogP contribution in [-0.2, 0) is 11.3 Å². The maximum absolute atomic E-state index is 12.3. The Bertz CT molecular complexity index is 751. The average Bonchev–Trinajstić information content (AvgIpc) is 3.27. The highest BCUT2D eigenvalue weighted by molar-refractivity contribution is 6.30. The van der Waals surface area contributed by atoms with Crippen LogP contribution in [0.3, 0.4) is 0 Å². The molecule has 1 aromatic carbocycles. The molecule has 0 saturated carbocycles. The van der Waals surface area contributed by atoms with Gasteiger partial charge in [0.15, 0.2) is 0 Å². The first kappa shape index (κ1) is 16.3. The summed E-state index contributed by atoms with van der Waals surface area (Å²) in [6.45, 7) is 1.22. The van der Waals surface area contributed by atoms with Gasteiger partial charge in [-0.3, -0.25) is 9.48 Å². The molecule has 0 radical (unpaired) electrons. The van der Waals surface area contributed by atoms with Gasteiger partial charge in [0.1, 0.15) is 0 Å². The number of nitrogens with one attached hydrogen (secondary N) is 1. The highest BCUT2D eigenvalue weighted by Gasteiger charge is 2.17. The van der Waals surface area contributed by atoms with Gasteiger partial charge in [-0.05, 0) is 35.9 Å². The van der Waals surface area contributed by atoms with Crippen molar-refractivity contribution in [2.24, 2.45) is 0 Å². The second-order valence-corrected chi connectivity index (χ2v) is 5.96. The van der Waals surface area contributed by atoms with Crippen molar-refractivity contribution in [3.05, 3.63) is 77.8 Å². The van der Waals surface area contributed by atoms with Crippen molar-refractivity contribution in [1.29, 1.82) is 0 Å². The fourth-order valence-corrected chi connectivity index (χ4v) is 2.75. The monoisotopic (exact) mass is 342 g/mol. The van der Waals surface area contributed by atoms with Gasteiger partial charge >= 0.3 is 0 Å². The van der Waals surface area contributed by atoms with Crippen LogP contribution >= 0.6 is 11.6 Å². The van der Waals surface area contributed by atoms with Crippen LogP contribution in [0.25, 0.3) is 0 Å². The van der Waals surface area contributed by atoms with Crippen molar-refractivity contribution in [2.45, 2.75) is 19.0 Å². The lowest BCUT2D eigenvalue weighted by Gasteiger charge is -2.19. The molecule has 0 aliphatic rings. The van der Waals surface area contributed by atoms with E-state index in [1.165, 1.54) is 0 Å². The molecule has 0 saturated heterocycles. The zero-order chi connectivity index (χ0) is 16.8. The Morgan fingerprint density at radius 2 is 1.88 bits per heavy atom. The average molecular weight is 343 g/mol. The Balaban J connectivity index is 1.63. The molecule has 0 spiro atoms. The van der Waals surface area contributed by atoms with Crippen molar-refractivity contribution in [3.8, 4) is 0 Å². The Kier molecular flexibility index (Phi) is 5.33. The molecule has 24 heavy (non-hydrogen) atoms. The number of halogens is 1. The SMILES string of the molecule is O=C(C[C@H](c1ccc(Cl)cc1)n1cccc1)NCCn1cccn1. The summed E-state index contributed by atoms with van der Waals surface area (Å²) in [6.07, 6.45) is 7.91. The van der Waals surface area contributed by atoms with Crippen LogP contribution in [0.5, 0.6) is 0 Å². The second-order valence-electron chi connectivity index (χ2n) is 5.52. The predicted octanol–water partition coefficient (Wildman–Crippen LogP) is 3.13. The van der Waals surface area contributed by atoms with E-state index in [0.29, 0.717) is 24.5 Å². The van der Waals surface area contributed by atoms with Crippen molar-refractivity contribution >= 4 is 17.5 Å². The standard InChI is InChI=1S/C18H19ClN4O/c19-16-6-4-15(5-7-16)17(22-10-1-2-11-22)14-18(24)20-9-13-23-12-3-8-21-23/h1-8,10-12,17H,9,13-14H2,(H,20,24)/t17-/m1/s1.